The number of aliphatic carboxylic acids is 1. The van der Waals surface area contributed by atoms with Crippen molar-refractivity contribution in [3.63, 3.8) is 0 Å². The summed E-state index contributed by atoms with van der Waals surface area (Å²) in [5.41, 5.74) is 6.37. The number of hydrogen-bond acceptors (Lipinski definition) is 4. The second-order valence-electron chi connectivity index (χ2n) is 3.84. The Balaban J connectivity index is 2.51. The number of carboxylic acid groups (broad SMARTS) is 1. The average molecular weight is 256 g/mol. The minimum atomic E-state index is -3.74. The predicted molar refractivity (Wildman–Crippen MR) is 59.8 cm³/mol. The largest absolute Gasteiger partial charge is 0.480 e. The molecule has 1 unspecified atom stereocenters. The van der Waals surface area contributed by atoms with Crippen LogP contribution in [0, 0.1) is 0 Å². The highest BCUT2D eigenvalue weighted by Crippen LogP contribution is 2.30. The number of benzene rings is 1. The van der Waals surface area contributed by atoms with Gasteiger partial charge in [0.15, 0.2) is 0 Å². The number of carbonyl (C=O) groups is 1. The summed E-state index contributed by atoms with van der Waals surface area (Å²) in [6.07, 6.45) is 0. The molecule has 0 saturated heterocycles. The van der Waals surface area contributed by atoms with E-state index in [2.05, 4.69) is 0 Å². The number of hydrogen-bond donors (Lipinski definition) is 2. The maximum Gasteiger partial charge on any atom is 0.318 e. The summed E-state index contributed by atoms with van der Waals surface area (Å²) in [4.78, 5) is 10.7. The van der Waals surface area contributed by atoms with Gasteiger partial charge in [0.25, 0.3) is 0 Å². The molecule has 0 spiro atoms. The van der Waals surface area contributed by atoms with Crippen LogP contribution in [0.15, 0.2) is 29.2 Å². The second kappa shape index (κ2) is 4.10. The van der Waals surface area contributed by atoms with Gasteiger partial charge in [0, 0.05) is 12.6 Å². The highest BCUT2D eigenvalue weighted by molar-refractivity contribution is 7.89. The first kappa shape index (κ1) is 12.0. The Bertz CT molecular complexity index is 555. The number of sulfonamides is 1. The molecule has 1 atom stereocenters. The molecule has 1 heterocycles. The number of nitrogens with zero attached hydrogens (tertiary/aromatic N) is 1. The first-order valence-electron chi connectivity index (χ1n) is 4.99. The maximum absolute atomic E-state index is 12.1. The molecule has 0 aliphatic carbocycles. The summed E-state index contributed by atoms with van der Waals surface area (Å²) in [5.74, 6) is -1.19. The van der Waals surface area contributed by atoms with Gasteiger partial charge in [-0.25, -0.2) is 8.42 Å². The molecule has 2 rings (SSSR count). The SMILES string of the molecule is NC1CN(CC(=O)O)S(=O)(=O)c2ccccc21. The van der Waals surface area contributed by atoms with Crippen molar-refractivity contribution < 1.29 is 18.3 Å². The number of rotatable bonds is 2. The molecule has 0 bridgehead atoms. The van der Waals surface area contributed by atoms with Crippen LogP contribution in [0.3, 0.4) is 0 Å². The number of fused-ring (bicyclic) bond motifs is 1. The summed E-state index contributed by atoms with van der Waals surface area (Å²) in [7, 11) is -3.74. The topological polar surface area (TPSA) is 101 Å². The zero-order valence-corrected chi connectivity index (χ0v) is 9.72. The van der Waals surface area contributed by atoms with E-state index in [0.29, 0.717) is 5.56 Å². The minimum absolute atomic E-state index is 0.00829. The normalized spacial score (nSPS) is 23.0. The fourth-order valence-electron chi connectivity index (χ4n) is 1.88. The lowest BCUT2D eigenvalue weighted by Crippen LogP contribution is -2.44. The van der Waals surface area contributed by atoms with Gasteiger partial charge in [0.05, 0.1) is 4.90 Å². The lowest BCUT2D eigenvalue weighted by atomic mass is 10.1. The Morgan fingerprint density at radius 2 is 2.12 bits per heavy atom. The van der Waals surface area contributed by atoms with Gasteiger partial charge < -0.3 is 10.8 Å². The van der Waals surface area contributed by atoms with Gasteiger partial charge in [0.2, 0.25) is 10.0 Å². The first-order chi connectivity index (χ1) is 7.93. The molecule has 7 heteroatoms. The Hall–Kier alpha value is -1.44. The molecule has 0 radical (unpaired) electrons. The predicted octanol–water partition coefficient (Wildman–Crippen LogP) is -0.225. The number of carboxylic acids is 1. The van der Waals surface area contributed by atoms with E-state index in [1.54, 1.807) is 18.2 Å². The van der Waals surface area contributed by atoms with Gasteiger partial charge in [-0.2, -0.15) is 4.31 Å². The van der Waals surface area contributed by atoms with E-state index in [4.69, 9.17) is 10.8 Å². The summed E-state index contributed by atoms with van der Waals surface area (Å²) < 4.78 is 25.1. The summed E-state index contributed by atoms with van der Waals surface area (Å²) in [5, 5.41) is 8.69. The molecule has 6 nitrogen and oxygen atoms in total. The van der Waals surface area contributed by atoms with Gasteiger partial charge >= 0.3 is 5.97 Å². The second-order valence-corrected chi connectivity index (χ2v) is 5.74. The van der Waals surface area contributed by atoms with Crippen LogP contribution in [0.25, 0.3) is 0 Å². The van der Waals surface area contributed by atoms with Gasteiger partial charge in [0.1, 0.15) is 6.54 Å². The standard InChI is InChI=1S/C10H12N2O4S/c11-8-5-12(6-10(13)14)17(15,16)9-4-2-1-3-7(8)9/h1-4,8H,5-6,11H2,(H,13,14). The minimum Gasteiger partial charge on any atom is -0.480 e. The number of nitrogens with two attached hydrogens (primary N) is 1. The van der Waals surface area contributed by atoms with E-state index < -0.39 is 28.6 Å². The molecule has 0 fully saturated rings. The molecule has 1 aliphatic heterocycles. The van der Waals surface area contributed by atoms with Crippen LogP contribution in [0.5, 0.6) is 0 Å². The van der Waals surface area contributed by atoms with Crippen molar-refractivity contribution in [2.45, 2.75) is 10.9 Å². The highest BCUT2D eigenvalue weighted by atomic mass is 32.2. The fourth-order valence-corrected chi connectivity index (χ4v) is 3.56. The maximum atomic E-state index is 12.1. The summed E-state index contributed by atoms with van der Waals surface area (Å²) >= 11 is 0. The van der Waals surface area contributed by atoms with Crippen LogP contribution in [0.1, 0.15) is 11.6 Å². The average Bonchev–Trinajstić information content (AvgIpc) is 2.26. The quantitative estimate of drug-likeness (QED) is 0.761. The molecule has 17 heavy (non-hydrogen) atoms. The van der Waals surface area contributed by atoms with Crippen molar-refractivity contribution in [1.29, 1.82) is 0 Å². The van der Waals surface area contributed by atoms with E-state index >= 15 is 0 Å². The van der Waals surface area contributed by atoms with Crippen LogP contribution in [0.4, 0.5) is 0 Å². The Labute approximate surface area is 98.7 Å². The van der Waals surface area contributed by atoms with Crippen molar-refractivity contribution >= 4 is 16.0 Å². The van der Waals surface area contributed by atoms with Crippen molar-refractivity contribution in [3.8, 4) is 0 Å². The van der Waals surface area contributed by atoms with Gasteiger partial charge in [-0.05, 0) is 11.6 Å². The Morgan fingerprint density at radius 1 is 1.47 bits per heavy atom. The zero-order chi connectivity index (χ0) is 12.6. The molecule has 1 aromatic carbocycles. The lowest BCUT2D eigenvalue weighted by molar-refractivity contribution is -0.137. The van der Waals surface area contributed by atoms with E-state index in [0.717, 1.165) is 4.31 Å². The Kier molecular flexibility index (Phi) is 2.90. The highest BCUT2D eigenvalue weighted by Gasteiger charge is 2.35. The van der Waals surface area contributed by atoms with Crippen molar-refractivity contribution in [1.82, 2.24) is 4.31 Å². The van der Waals surface area contributed by atoms with Crippen LogP contribution in [-0.2, 0) is 14.8 Å². The molecular weight excluding hydrogens is 244 g/mol. The van der Waals surface area contributed by atoms with Crippen molar-refractivity contribution in [3.05, 3.63) is 29.8 Å². The lowest BCUT2D eigenvalue weighted by Gasteiger charge is -2.30. The molecule has 3 N–H and O–H groups in total. The van der Waals surface area contributed by atoms with Gasteiger partial charge in [-0.3, -0.25) is 4.79 Å². The third-order valence-corrected chi connectivity index (χ3v) is 4.53. The van der Waals surface area contributed by atoms with E-state index in [1.165, 1.54) is 6.07 Å². The van der Waals surface area contributed by atoms with Crippen LogP contribution in [0.2, 0.25) is 0 Å². The van der Waals surface area contributed by atoms with Gasteiger partial charge in [-0.15, -0.1) is 0 Å². The third-order valence-electron chi connectivity index (χ3n) is 2.65. The Morgan fingerprint density at radius 3 is 2.76 bits per heavy atom. The molecule has 1 aliphatic rings. The molecule has 92 valence electrons. The summed E-state index contributed by atoms with van der Waals surface area (Å²) in [6.45, 7) is -0.573. The molecular formula is C10H12N2O4S. The molecule has 0 saturated carbocycles. The first-order valence-corrected chi connectivity index (χ1v) is 6.43. The van der Waals surface area contributed by atoms with Crippen molar-refractivity contribution in [2.24, 2.45) is 5.73 Å². The third kappa shape index (κ3) is 2.04. The molecule has 1 aromatic rings. The summed E-state index contributed by atoms with van der Waals surface area (Å²) in [6, 6.07) is 5.90. The molecule has 0 amide bonds. The van der Waals surface area contributed by atoms with E-state index in [-0.39, 0.29) is 11.4 Å². The van der Waals surface area contributed by atoms with Crippen LogP contribution in [-0.4, -0.2) is 36.9 Å². The van der Waals surface area contributed by atoms with E-state index in [1.807, 2.05) is 0 Å². The van der Waals surface area contributed by atoms with E-state index in [9.17, 15) is 13.2 Å². The smallest absolute Gasteiger partial charge is 0.318 e. The van der Waals surface area contributed by atoms with Gasteiger partial charge in [-0.1, -0.05) is 18.2 Å². The zero-order valence-electron chi connectivity index (χ0n) is 8.91. The molecule has 0 aromatic heterocycles. The fraction of sp³-hybridized carbons (Fsp3) is 0.300. The van der Waals surface area contributed by atoms with Crippen LogP contribution >= 0.6 is 0 Å². The van der Waals surface area contributed by atoms with Crippen molar-refractivity contribution in [2.75, 3.05) is 13.1 Å². The monoisotopic (exact) mass is 256 g/mol. The van der Waals surface area contributed by atoms with Crippen LogP contribution < -0.4 is 5.73 Å².